The van der Waals surface area contributed by atoms with E-state index in [1.54, 1.807) is 13.8 Å². The lowest BCUT2D eigenvalue weighted by atomic mass is 10.1. The van der Waals surface area contributed by atoms with E-state index < -0.39 is 6.17 Å². The molecule has 1 atom stereocenters. The lowest BCUT2D eigenvalue weighted by Crippen LogP contribution is -2.43. The van der Waals surface area contributed by atoms with Crippen molar-refractivity contribution in [2.45, 2.75) is 39.4 Å². The molecule has 19 heavy (non-hydrogen) atoms. The summed E-state index contributed by atoms with van der Waals surface area (Å²) >= 11 is 0. The molecule has 0 saturated carbocycles. The summed E-state index contributed by atoms with van der Waals surface area (Å²) in [6, 6.07) is 0. The highest BCUT2D eigenvalue weighted by Crippen LogP contribution is 2.13. The van der Waals surface area contributed by atoms with E-state index in [-0.39, 0.29) is 24.6 Å². The van der Waals surface area contributed by atoms with Crippen molar-refractivity contribution < 1.29 is 9.18 Å². The third kappa shape index (κ3) is 3.00. The zero-order valence-electron chi connectivity index (χ0n) is 11.2. The Morgan fingerprint density at radius 1 is 1.53 bits per heavy atom. The molecule has 1 aromatic rings. The quantitative estimate of drug-likeness (QED) is 0.797. The van der Waals surface area contributed by atoms with Crippen molar-refractivity contribution >= 4 is 5.91 Å². The van der Waals surface area contributed by atoms with E-state index in [1.807, 2.05) is 0 Å². The summed E-state index contributed by atoms with van der Waals surface area (Å²) in [5, 5.41) is 0. The summed E-state index contributed by atoms with van der Waals surface area (Å²) < 4.78 is 14.5. The first-order chi connectivity index (χ1) is 8.99. The highest BCUT2D eigenvalue weighted by atomic mass is 19.1. The number of aryl methyl sites for hydroxylation is 1. The number of hydrogen-bond donors (Lipinski definition) is 0. The third-order valence-electron chi connectivity index (χ3n) is 3.54. The van der Waals surface area contributed by atoms with Crippen LogP contribution in [0.15, 0.2) is 11.1 Å². The number of alkyl halides is 1. The lowest BCUT2D eigenvalue weighted by Gasteiger charge is -2.29. The Hall–Kier alpha value is -1.72. The number of nitrogens with zero attached hydrogens (tertiary/aromatic N) is 3. The van der Waals surface area contributed by atoms with Crippen LogP contribution in [0.1, 0.15) is 24.1 Å². The number of carbonyl (C=O) groups is 1. The molecular weight excluding hydrogens is 249 g/mol. The first-order valence-electron chi connectivity index (χ1n) is 6.43. The van der Waals surface area contributed by atoms with Gasteiger partial charge in [-0.05, 0) is 26.7 Å². The predicted molar refractivity (Wildman–Crippen MR) is 68.7 cm³/mol. The van der Waals surface area contributed by atoms with E-state index in [2.05, 4.69) is 4.98 Å². The van der Waals surface area contributed by atoms with Gasteiger partial charge in [0.25, 0.3) is 5.56 Å². The minimum atomic E-state index is -0.952. The number of carbonyl (C=O) groups excluding carboxylic acids is 1. The van der Waals surface area contributed by atoms with Gasteiger partial charge < -0.3 is 4.90 Å². The topological polar surface area (TPSA) is 55.2 Å². The van der Waals surface area contributed by atoms with Gasteiger partial charge in [-0.1, -0.05) is 0 Å². The van der Waals surface area contributed by atoms with Crippen molar-refractivity contribution in [2.75, 3.05) is 13.1 Å². The number of hydrogen-bond acceptors (Lipinski definition) is 3. The molecule has 1 aliphatic heterocycles. The Balaban J connectivity index is 2.11. The first kappa shape index (κ1) is 13.7. The second kappa shape index (κ2) is 5.50. The van der Waals surface area contributed by atoms with Gasteiger partial charge in [0.15, 0.2) is 0 Å². The van der Waals surface area contributed by atoms with E-state index in [0.29, 0.717) is 30.6 Å². The SMILES string of the molecule is Cc1ncn(CC(=O)N2CCCC(F)C2)c(=O)c1C. The van der Waals surface area contributed by atoms with Crippen molar-refractivity contribution in [3.05, 3.63) is 27.9 Å². The summed E-state index contributed by atoms with van der Waals surface area (Å²) in [5.41, 5.74) is 0.988. The van der Waals surface area contributed by atoms with Gasteiger partial charge in [-0.15, -0.1) is 0 Å². The predicted octanol–water partition coefficient (Wildman–Crippen LogP) is 0.821. The van der Waals surface area contributed by atoms with Crippen LogP contribution in [0.4, 0.5) is 4.39 Å². The molecule has 1 aliphatic rings. The van der Waals surface area contributed by atoms with E-state index in [1.165, 1.54) is 15.8 Å². The number of rotatable bonds is 2. The van der Waals surface area contributed by atoms with Crippen LogP contribution in [0, 0.1) is 13.8 Å². The molecule has 1 unspecified atom stereocenters. The van der Waals surface area contributed by atoms with Crippen LogP contribution in [-0.2, 0) is 11.3 Å². The van der Waals surface area contributed by atoms with Crippen molar-refractivity contribution in [2.24, 2.45) is 0 Å². The van der Waals surface area contributed by atoms with Crippen LogP contribution in [0.2, 0.25) is 0 Å². The maximum atomic E-state index is 13.3. The smallest absolute Gasteiger partial charge is 0.256 e. The van der Waals surface area contributed by atoms with Gasteiger partial charge in [-0.25, -0.2) is 9.37 Å². The third-order valence-corrected chi connectivity index (χ3v) is 3.54. The Kier molecular flexibility index (Phi) is 3.97. The van der Waals surface area contributed by atoms with E-state index in [4.69, 9.17) is 0 Å². The Bertz CT molecular complexity index is 541. The Morgan fingerprint density at radius 3 is 2.95 bits per heavy atom. The monoisotopic (exact) mass is 267 g/mol. The molecule has 1 saturated heterocycles. The minimum Gasteiger partial charge on any atom is -0.338 e. The number of piperidine rings is 1. The van der Waals surface area contributed by atoms with Gasteiger partial charge >= 0.3 is 0 Å². The van der Waals surface area contributed by atoms with Gasteiger partial charge in [-0.2, -0.15) is 0 Å². The molecule has 0 aliphatic carbocycles. The van der Waals surface area contributed by atoms with Crippen molar-refractivity contribution in [1.29, 1.82) is 0 Å². The summed E-state index contributed by atoms with van der Waals surface area (Å²) in [6.07, 6.45) is 1.61. The maximum absolute atomic E-state index is 13.3. The van der Waals surface area contributed by atoms with Crippen LogP contribution in [0.3, 0.4) is 0 Å². The molecule has 1 aromatic heterocycles. The molecule has 0 N–H and O–H groups in total. The second-order valence-electron chi connectivity index (χ2n) is 4.97. The Morgan fingerprint density at radius 2 is 2.26 bits per heavy atom. The molecule has 5 nitrogen and oxygen atoms in total. The first-order valence-corrected chi connectivity index (χ1v) is 6.43. The largest absolute Gasteiger partial charge is 0.338 e. The molecule has 0 spiro atoms. The fourth-order valence-corrected chi connectivity index (χ4v) is 2.19. The summed E-state index contributed by atoms with van der Waals surface area (Å²) in [5.74, 6) is -0.227. The summed E-state index contributed by atoms with van der Waals surface area (Å²) in [7, 11) is 0. The lowest BCUT2D eigenvalue weighted by molar-refractivity contribution is -0.134. The minimum absolute atomic E-state index is 0.0698. The average molecular weight is 267 g/mol. The van der Waals surface area contributed by atoms with Crippen LogP contribution >= 0.6 is 0 Å². The zero-order valence-corrected chi connectivity index (χ0v) is 11.2. The van der Waals surface area contributed by atoms with Crippen molar-refractivity contribution in [1.82, 2.24) is 14.5 Å². The fraction of sp³-hybridized carbons (Fsp3) is 0.615. The van der Waals surface area contributed by atoms with Crippen LogP contribution in [-0.4, -0.2) is 39.6 Å². The van der Waals surface area contributed by atoms with Gasteiger partial charge in [0.1, 0.15) is 12.7 Å². The molecule has 0 radical (unpaired) electrons. The molecule has 104 valence electrons. The van der Waals surface area contributed by atoms with Crippen LogP contribution < -0.4 is 5.56 Å². The number of amides is 1. The number of likely N-dealkylation sites (tertiary alicyclic amines) is 1. The molecule has 1 amide bonds. The van der Waals surface area contributed by atoms with Crippen LogP contribution in [0.5, 0.6) is 0 Å². The Labute approximate surface area is 111 Å². The van der Waals surface area contributed by atoms with E-state index in [9.17, 15) is 14.0 Å². The molecular formula is C13H18FN3O2. The normalized spacial score (nSPS) is 19.5. The summed E-state index contributed by atoms with van der Waals surface area (Å²) in [4.78, 5) is 29.5. The highest BCUT2D eigenvalue weighted by molar-refractivity contribution is 5.76. The standard InChI is InChI=1S/C13H18FN3O2/c1-9-10(2)15-8-17(13(9)19)7-12(18)16-5-3-4-11(14)6-16/h8,11H,3-7H2,1-2H3. The summed E-state index contributed by atoms with van der Waals surface area (Å²) in [6.45, 7) is 4.06. The van der Waals surface area contributed by atoms with Crippen molar-refractivity contribution in [3.63, 3.8) is 0 Å². The second-order valence-corrected chi connectivity index (χ2v) is 4.97. The molecule has 1 fully saturated rings. The van der Waals surface area contributed by atoms with E-state index in [0.717, 1.165) is 0 Å². The molecule has 6 heteroatoms. The molecule has 0 bridgehead atoms. The van der Waals surface area contributed by atoms with E-state index >= 15 is 0 Å². The average Bonchev–Trinajstić information content (AvgIpc) is 2.39. The fourth-order valence-electron chi connectivity index (χ4n) is 2.19. The zero-order chi connectivity index (χ0) is 14.0. The van der Waals surface area contributed by atoms with Gasteiger partial charge in [0, 0.05) is 17.8 Å². The maximum Gasteiger partial charge on any atom is 0.256 e. The molecule has 0 aromatic carbocycles. The number of aromatic nitrogens is 2. The van der Waals surface area contributed by atoms with Gasteiger partial charge in [0.2, 0.25) is 5.91 Å². The number of halogens is 1. The van der Waals surface area contributed by atoms with Crippen LogP contribution in [0.25, 0.3) is 0 Å². The highest BCUT2D eigenvalue weighted by Gasteiger charge is 2.23. The van der Waals surface area contributed by atoms with Gasteiger partial charge in [-0.3, -0.25) is 14.2 Å². The van der Waals surface area contributed by atoms with Crippen molar-refractivity contribution in [3.8, 4) is 0 Å². The van der Waals surface area contributed by atoms with Gasteiger partial charge in [0.05, 0.1) is 12.9 Å². The molecule has 2 heterocycles. The molecule has 2 rings (SSSR count).